The summed E-state index contributed by atoms with van der Waals surface area (Å²) < 4.78 is 1.79. The number of hydrogen-bond donors (Lipinski definition) is 1. The second kappa shape index (κ2) is 8.58. The molecule has 1 aromatic heterocycles. The van der Waals surface area contributed by atoms with E-state index in [2.05, 4.69) is 11.4 Å². The van der Waals surface area contributed by atoms with Gasteiger partial charge >= 0.3 is 0 Å². The Kier molecular flexibility index (Phi) is 6.33. The van der Waals surface area contributed by atoms with Crippen molar-refractivity contribution in [3.05, 3.63) is 34.6 Å². The van der Waals surface area contributed by atoms with Crippen molar-refractivity contribution in [2.45, 2.75) is 75.4 Å². The van der Waals surface area contributed by atoms with Crippen LogP contribution in [0.25, 0.3) is 10.9 Å². The number of amides is 1. The first-order valence-corrected chi connectivity index (χ1v) is 11.1. The standard InChI is InChI=1S/C22H28N4O2S/c1-14(2)22(4,13-23)25-19(27)15(3)29-21-24-18-12-8-7-11-17(18)20(28)26(21)16-9-5-6-10-16/h7-8,11-12,14-16H,5-6,9-10H2,1-4H3,(H,25,27)/t15-,22+/m0/s1. The van der Waals surface area contributed by atoms with E-state index < -0.39 is 10.8 Å². The molecule has 0 radical (unpaired) electrons. The number of carbonyl (C=O) groups excluding carboxylic acids is 1. The van der Waals surface area contributed by atoms with Gasteiger partial charge in [0.1, 0.15) is 5.54 Å². The molecule has 1 N–H and O–H groups in total. The zero-order chi connectivity index (χ0) is 21.2. The van der Waals surface area contributed by atoms with Crippen molar-refractivity contribution in [2.24, 2.45) is 5.92 Å². The van der Waals surface area contributed by atoms with Gasteiger partial charge in [0.15, 0.2) is 5.16 Å². The number of rotatable bonds is 6. The minimum absolute atomic E-state index is 0.0240. The SMILES string of the molecule is CC(C)[C@@](C)(C#N)NC(=O)[C@H](C)Sc1nc2ccccc2c(=O)n1C1CCCC1. The van der Waals surface area contributed by atoms with E-state index in [1.165, 1.54) is 11.8 Å². The minimum Gasteiger partial charge on any atom is -0.337 e. The van der Waals surface area contributed by atoms with Crippen molar-refractivity contribution < 1.29 is 4.79 Å². The molecule has 0 unspecified atom stereocenters. The number of fused-ring (bicyclic) bond motifs is 1. The van der Waals surface area contributed by atoms with E-state index in [0.29, 0.717) is 16.1 Å². The first-order chi connectivity index (χ1) is 13.8. The van der Waals surface area contributed by atoms with Crippen LogP contribution >= 0.6 is 11.8 Å². The topological polar surface area (TPSA) is 87.8 Å². The summed E-state index contributed by atoms with van der Waals surface area (Å²) in [4.78, 5) is 30.8. The lowest BCUT2D eigenvalue weighted by atomic mass is 9.90. The Morgan fingerprint density at radius 3 is 2.59 bits per heavy atom. The van der Waals surface area contributed by atoms with Crippen LogP contribution in [0.1, 0.15) is 59.4 Å². The van der Waals surface area contributed by atoms with Crippen molar-refractivity contribution in [2.75, 3.05) is 0 Å². The molecular formula is C22H28N4O2S. The molecule has 2 aromatic rings. The molecule has 1 aliphatic carbocycles. The first kappa shape index (κ1) is 21.4. The number of benzene rings is 1. The number of para-hydroxylation sites is 1. The van der Waals surface area contributed by atoms with Crippen molar-refractivity contribution in [3.8, 4) is 6.07 Å². The molecule has 0 bridgehead atoms. The Balaban J connectivity index is 1.94. The third-order valence-electron chi connectivity index (χ3n) is 5.89. The summed E-state index contributed by atoms with van der Waals surface area (Å²) in [5.41, 5.74) is -0.332. The summed E-state index contributed by atoms with van der Waals surface area (Å²) in [7, 11) is 0. The molecule has 1 saturated carbocycles. The van der Waals surface area contributed by atoms with E-state index in [1.54, 1.807) is 18.4 Å². The minimum atomic E-state index is -0.937. The second-order valence-corrected chi connectivity index (χ2v) is 9.55. The second-order valence-electron chi connectivity index (χ2n) is 8.24. The van der Waals surface area contributed by atoms with Gasteiger partial charge in [-0.05, 0) is 44.7 Å². The normalized spacial score (nSPS) is 17.8. The summed E-state index contributed by atoms with van der Waals surface area (Å²) in [6.45, 7) is 7.34. The number of aromatic nitrogens is 2. The van der Waals surface area contributed by atoms with Crippen LogP contribution in [0.15, 0.2) is 34.2 Å². The van der Waals surface area contributed by atoms with E-state index in [0.717, 1.165) is 25.7 Å². The van der Waals surface area contributed by atoms with Crippen molar-refractivity contribution >= 4 is 28.6 Å². The largest absolute Gasteiger partial charge is 0.337 e. The molecule has 1 heterocycles. The maximum absolute atomic E-state index is 13.2. The number of nitrogens with one attached hydrogen (secondary N) is 1. The van der Waals surface area contributed by atoms with Gasteiger partial charge in [-0.15, -0.1) is 0 Å². The molecule has 0 aliphatic heterocycles. The smallest absolute Gasteiger partial charge is 0.262 e. The van der Waals surface area contributed by atoms with E-state index in [4.69, 9.17) is 4.98 Å². The fourth-order valence-corrected chi connectivity index (χ4v) is 4.54. The van der Waals surface area contributed by atoms with Crippen LogP contribution in [-0.4, -0.2) is 26.2 Å². The maximum atomic E-state index is 13.2. The fourth-order valence-electron chi connectivity index (χ4n) is 3.56. The maximum Gasteiger partial charge on any atom is 0.262 e. The van der Waals surface area contributed by atoms with Crippen LogP contribution in [0.4, 0.5) is 0 Å². The highest BCUT2D eigenvalue weighted by molar-refractivity contribution is 8.00. The molecule has 7 heteroatoms. The van der Waals surface area contributed by atoms with E-state index >= 15 is 0 Å². The van der Waals surface area contributed by atoms with Crippen molar-refractivity contribution in [1.82, 2.24) is 14.9 Å². The van der Waals surface area contributed by atoms with Crippen LogP contribution in [0.3, 0.4) is 0 Å². The molecule has 1 fully saturated rings. The number of carbonyl (C=O) groups is 1. The van der Waals surface area contributed by atoms with Gasteiger partial charge in [0.05, 0.1) is 22.2 Å². The number of nitriles is 1. The monoisotopic (exact) mass is 412 g/mol. The molecule has 6 nitrogen and oxygen atoms in total. The van der Waals surface area contributed by atoms with Gasteiger partial charge in [-0.25, -0.2) is 4.98 Å². The predicted molar refractivity (Wildman–Crippen MR) is 116 cm³/mol. The Labute approximate surface area is 175 Å². The number of nitrogens with zero attached hydrogens (tertiary/aromatic N) is 3. The third kappa shape index (κ3) is 4.32. The Hall–Kier alpha value is -2.33. The van der Waals surface area contributed by atoms with Gasteiger partial charge in [-0.3, -0.25) is 14.2 Å². The number of thioether (sulfide) groups is 1. The molecule has 1 amide bonds. The fraction of sp³-hybridized carbons (Fsp3) is 0.545. The van der Waals surface area contributed by atoms with Gasteiger partial charge < -0.3 is 5.32 Å². The lowest BCUT2D eigenvalue weighted by molar-refractivity contribution is -0.121. The van der Waals surface area contributed by atoms with Gasteiger partial charge in [0.2, 0.25) is 5.91 Å². The quantitative estimate of drug-likeness (QED) is 0.571. The third-order valence-corrected chi connectivity index (χ3v) is 6.95. The summed E-state index contributed by atoms with van der Waals surface area (Å²) in [6, 6.07) is 9.67. The Morgan fingerprint density at radius 1 is 1.31 bits per heavy atom. The zero-order valence-corrected chi connectivity index (χ0v) is 18.3. The molecule has 29 heavy (non-hydrogen) atoms. The molecule has 1 aromatic carbocycles. The van der Waals surface area contributed by atoms with E-state index in [9.17, 15) is 14.9 Å². The van der Waals surface area contributed by atoms with Crippen LogP contribution < -0.4 is 10.9 Å². The first-order valence-electron chi connectivity index (χ1n) is 10.2. The Morgan fingerprint density at radius 2 is 1.97 bits per heavy atom. The van der Waals surface area contributed by atoms with Gasteiger partial charge in [-0.2, -0.15) is 5.26 Å². The molecule has 2 atom stereocenters. The predicted octanol–water partition coefficient (Wildman–Crippen LogP) is 4.05. The Bertz CT molecular complexity index is 1000. The van der Waals surface area contributed by atoms with Gasteiger partial charge in [0.25, 0.3) is 5.56 Å². The highest BCUT2D eigenvalue weighted by atomic mass is 32.2. The summed E-state index contributed by atoms with van der Waals surface area (Å²) in [5.74, 6) is -0.253. The average molecular weight is 413 g/mol. The zero-order valence-electron chi connectivity index (χ0n) is 17.4. The molecule has 154 valence electrons. The lowest BCUT2D eigenvalue weighted by Gasteiger charge is -2.29. The van der Waals surface area contributed by atoms with E-state index in [-0.39, 0.29) is 23.4 Å². The van der Waals surface area contributed by atoms with Gasteiger partial charge in [0, 0.05) is 6.04 Å². The van der Waals surface area contributed by atoms with Crippen molar-refractivity contribution in [3.63, 3.8) is 0 Å². The summed E-state index contributed by atoms with van der Waals surface area (Å²) in [6.07, 6.45) is 4.10. The van der Waals surface area contributed by atoms with Crippen LogP contribution in [-0.2, 0) is 4.79 Å². The molecule has 1 aliphatic rings. The molecule has 3 rings (SSSR count). The molecular weight excluding hydrogens is 384 g/mol. The van der Waals surface area contributed by atoms with Crippen LogP contribution in [0.5, 0.6) is 0 Å². The van der Waals surface area contributed by atoms with Crippen LogP contribution in [0.2, 0.25) is 0 Å². The molecule has 0 spiro atoms. The van der Waals surface area contributed by atoms with Crippen LogP contribution in [0, 0.1) is 17.2 Å². The van der Waals surface area contributed by atoms with Crippen molar-refractivity contribution in [1.29, 1.82) is 5.26 Å². The molecule has 0 saturated heterocycles. The number of hydrogen-bond acceptors (Lipinski definition) is 5. The summed E-state index contributed by atoms with van der Waals surface area (Å²) >= 11 is 1.29. The lowest BCUT2D eigenvalue weighted by Crippen LogP contribution is -2.51. The average Bonchev–Trinajstić information content (AvgIpc) is 3.22. The highest BCUT2D eigenvalue weighted by Crippen LogP contribution is 2.33. The van der Waals surface area contributed by atoms with Gasteiger partial charge in [-0.1, -0.05) is 50.6 Å². The highest BCUT2D eigenvalue weighted by Gasteiger charge is 2.33. The van der Waals surface area contributed by atoms with E-state index in [1.807, 2.05) is 38.1 Å². The summed E-state index contributed by atoms with van der Waals surface area (Å²) in [5, 5.41) is 13.1.